The SMILES string of the molecule is C[C@H]1[C@H](C)CC[C@]2(C(=O)O)CC[C@]3(C)C(=CC[C@@H]4[C@@]5(C)C[C@@H](O)[C@H](O)[C@@](C)(CO)[C@@H]5CC[C@]43C)[C@H]12.C[N+](C)(C)C.[OH-]. The zero-order chi connectivity index (χ0) is 30.3. The molecule has 0 bridgehead atoms. The summed E-state index contributed by atoms with van der Waals surface area (Å²) in [7, 11) is 8.50. The van der Waals surface area contributed by atoms with Crippen molar-refractivity contribution in [2.75, 3.05) is 34.8 Å². The van der Waals surface area contributed by atoms with Crippen LogP contribution in [0.1, 0.15) is 92.9 Å². The zero-order valence-electron chi connectivity index (χ0n) is 27.6. The number of aliphatic hydroxyl groups is 3. The van der Waals surface area contributed by atoms with E-state index in [0.717, 1.165) is 49.4 Å². The molecule has 5 rings (SSSR count). The summed E-state index contributed by atoms with van der Waals surface area (Å²) >= 11 is 0. The van der Waals surface area contributed by atoms with Gasteiger partial charge < -0.3 is 30.4 Å². The number of hydrogen-bond donors (Lipinski definition) is 4. The molecule has 0 aromatic rings. The molecule has 0 spiro atoms. The average Bonchev–Trinajstić information content (AvgIpc) is 2.84. The fraction of sp³-hybridized carbons (Fsp3) is 0.912. The Hall–Kier alpha value is -0.990. The predicted octanol–water partition coefficient (Wildman–Crippen LogP) is 5.18. The van der Waals surface area contributed by atoms with Gasteiger partial charge in [-0.1, -0.05) is 53.2 Å². The Labute approximate surface area is 249 Å². The Morgan fingerprint density at radius 2 is 1.54 bits per heavy atom. The number of carboxylic acids is 1. The number of carbonyl (C=O) groups is 1. The molecule has 41 heavy (non-hydrogen) atoms. The van der Waals surface area contributed by atoms with E-state index in [1.54, 1.807) is 0 Å². The van der Waals surface area contributed by atoms with Gasteiger partial charge >= 0.3 is 5.97 Å². The average molecular weight is 580 g/mol. The van der Waals surface area contributed by atoms with E-state index in [2.05, 4.69) is 68.9 Å². The second-order valence-electron chi connectivity index (χ2n) is 17.2. The Balaban J connectivity index is 0.000000711. The van der Waals surface area contributed by atoms with E-state index in [9.17, 15) is 25.2 Å². The molecule has 0 aromatic heterocycles. The van der Waals surface area contributed by atoms with Gasteiger partial charge in [-0.05, 0) is 97.2 Å². The molecule has 0 aromatic carbocycles. The molecule has 5 N–H and O–H groups in total. The molecule has 7 nitrogen and oxygen atoms in total. The Kier molecular flexibility index (Phi) is 9.15. The number of hydrogen-bond acceptors (Lipinski definition) is 5. The van der Waals surface area contributed by atoms with Crippen molar-refractivity contribution in [2.24, 2.45) is 56.7 Å². The number of carboxylic acid groups (broad SMARTS) is 1. The van der Waals surface area contributed by atoms with Crippen LogP contribution in [0.25, 0.3) is 0 Å². The summed E-state index contributed by atoms with van der Waals surface area (Å²) in [5.41, 5.74) is -0.214. The minimum atomic E-state index is -0.907. The first-order chi connectivity index (χ1) is 18.2. The van der Waals surface area contributed by atoms with Crippen molar-refractivity contribution in [2.45, 2.75) is 105 Å². The molecule has 5 aliphatic rings. The van der Waals surface area contributed by atoms with Crippen LogP contribution in [0.15, 0.2) is 11.6 Å². The third-order valence-electron chi connectivity index (χ3n) is 13.5. The van der Waals surface area contributed by atoms with Crippen LogP contribution in [0.4, 0.5) is 0 Å². The summed E-state index contributed by atoms with van der Waals surface area (Å²) in [6, 6.07) is 0. The first kappa shape index (κ1) is 34.5. The van der Waals surface area contributed by atoms with E-state index >= 15 is 0 Å². The maximum atomic E-state index is 12.8. The number of quaternary nitrogens is 1. The first-order valence-electron chi connectivity index (χ1n) is 15.9. The van der Waals surface area contributed by atoms with E-state index in [-0.39, 0.29) is 40.2 Å². The van der Waals surface area contributed by atoms with E-state index in [1.807, 2.05) is 6.92 Å². The van der Waals surface area contributed by atoms with E-state index in [4.69, 9.17) is 0 Å². The van der Waals surface area contributed by atoms with Crippen molar-refractivity contribution < 1.29 is 35.2 Å². The largest absolute Gasteiger partial charge is 0.870 e. The molecular formula is C34H61NO6. The van der Waals surface area contributed by atoms with Crippen molar-refractivity contribution in [3.05, 3.63) is 11.6 Å². The Bertz CT molecular complexity index is 1020. The van der Waals surface area contributed by atoms with Gasteiger partial charge in [-0.25, -0.2) is 0 Å². The van der Waals surface area contributed by atoms with Gasteiger partial charge in [-0.3, -0.25) is 4.79 Å². The maximum Gasteiger partial charge on any atom is 0.310 e. The van der Waals surface area contributed by atoms with Crippen LogP contribution >= 0.6 is 0 Å². The van der Waals surface area contributed by atoms with Crippen LogP contribution in [0.5, 0.6) is 0 Å². The van der Waals surface area contributed by atoms with Gasteiger partial charge in [0, 0.05) is 5.41 Å². The van der Waals surface area contributed by atoms with Gasteiger partial charge in [0.1, 0.15) is 0 Å². The summed E-state index contributed by atoms with van der Waals surface area (Å²) in [6.07, 6.45) is 7.51. The lowest BCUT2D eigenvalue weighted by molar-refractivity contribution is -0.849. The van der Waals surface area contributed by atoms with E-state index in [1.165, 1.54) is 5.57 Å². The lowest BCUT2D eigenvalue weighted by Crippen LogP contribution is -2.68. The van der Waals surface area contributed by atoms with E-state index in [0.29, 0.717) is 24.2 Å². The molecule has 238 valence electrons. The number of aliphatic hydroxyl groups excluding tert-OH is 3. The van der Waals surface area contributed by atoms with Gasteiger partial charge in [-0.2, -0.15) is 0 Å². The van der Waals surface area contributed by atoms with Crippen molar-refractivity contribution in [1.29, 1.82) is 0 Å². The molecule has 4 fully saturated rings. The second kappa shape index (κ2) is 10.9. The van der Waals surface area contributed by atoms with Crippen molar-refractivity contribution in [3.8, 4) is 0 Å². The Morgan fingerprint density at radius 1 is 0.951 bits per heavy atom. The smallest absolute Gasteiger partial charge is 0.310 e. The fourth-order valence-electron chi connectivity index (χ4n) is 11.0. The molecule has 5 aliphatic carbocycles. The number of allylic oxidation sites excluding steroid dienone is 2. The van der Waals surface area contributed by atoms with Crippen molar-refractivity contribution in [3.63, 3.8) is 0 Å². The number of aliphatic carboxylic acids is 1. The highest BCUT2D eigenvalue weighted by Gasteiger charge is 2.70. The topological polar surface area (TPSA) is 128 Å². The molecule has 0 radical (unpaired) electrons. The third kappa shape index (κ3) is 4.94. The monoisotopic (exact) mass is 579 g/mol. The minimum absolute atomic E-state index is 0. The molecule has 4 saturated carbocycles. The first-order valence-corrected chi connectivity index (χ1v) is 15.9. The zero-order valence-corrected chi connectivity index (χ0v) is 27.6. The highest BCUT2D eigenvalue weighted by molar-refractivity contribution is 5.76. The summed E-state index contributed by atoms with van der Waals surface area (Å²) < 4.78 is 1.00. The molecule has 0 unspecified atom stereocenters. The van der Waals surface area contributed by atoms with Crippen LogP contribution in [0, 0.1) is 56.7 Å². The lowest BCUT2D eigenvalue weighted by Gasteiger charge is -2.71. The normalized spacial score (nSPS) is 50.8. The van der Waals surface area contributed by atoms with Gasteiger partial charge in [0.2, 0.25) is 0 Å². The molecule has 0 amide bonds. The lowest BCUT2D eigenvalue weighted by atomic mass is 9.33. The van der Waals surface area contributed by atoms with Crippen LogP contribution in [-0.4, -0.2) is 83.4 Å². The van der Waals surface area contributed by atoms with Crippen molar-refractivity contribution >= 4 is 5.97 Å². The second-order valence-corrected chi connectivity index (χ2v) is 17.2. The van der Waals surface area contributed by atoms with Gasteiger partial charge in [0.05, 0.1) is 52.4 Å². The molecule has 0 aliphatic heterocycles. The van der Waals surface area contributed by atoms with Gasteiger partial charge in [0.15, 0.2) is 0 Å². The molecule has 7 heteroatoms. The summed E-state index contributed by atoms with van der Waals surface area (Å²) in [5.74, 6) is 0.828. The molecular weight excluding hydrogens is 518 g/mol. The van der Waals surface area contributed by atoms with Crippen LogP contribution in [0.2, 0.25) is 0 Å². The Morgan fingerprint density at radius 3 is 2.07 bits per heavy atom. The van der Waals surface area contributed by atoms with Crippen molar-refractivity contribution in [1.82, 2.24) is 0 Å². The summed E-state index contributed by atoms with van der Waals surface area (Å²) in [6.45, 7) is 13.6. The minimum Gasteiger partial charge on any atom is -0.870 e. The van der Waals surface area contributed by atoms with Crippen LogP contribution in [0.3, 0.4) is 0 Å². The fourth-order valence-corrected chi connectivity index (χ4v) is 11.0. The highest BCUT2D eigenvalue weighted by atomic mass is 16.4. The third-order valence-corrected chi connectivity index (χ3v) is 13.5. The quantitative estimate of drug-likeness (QED) is 0.264. The maximum absolute atomic E-state index is 12.8. The van der Waals surface area contributed by atoms with Gasteiger partial charge in [0.25, 0.3) is 0 Å². The molecule has 0 saturated heterocycles. The van der Waals surface area contributed by atoms with Gasteiger partial charge in [-0.15, -0.1) is 0 Å². The van der Waals surface area contributed by atoms with Crippen LogP contribution < -0.4 is 0 Å². The summed E-state index contributed by atoms with van der Waals surface area (Å²) in [5, 5.41) is 42.9. The van der Waals surface area contributed by atoms with Crippen LogP contribution in [-0.2, 0) is 4.79 Å². The number of nitrogens with zero attached hydrogens (tertiary/aromatic N) is 1. The number of rotatable bonds is 2. The standard InChI is InChI=1S/C30H48O5.C4H12N.H2O/c1-17-9-12-30(25(34)35)14-13-28(5)19(23(30)18(17)2)7-8-22-26(3)15-20(32)24(33)27(4,16-31)21(26)10-11-29(22,28)6;1-5(2,3)4;/h7,17-18,20-24,31-33H,8-16H2,1-6H3,(H,34,35);1-4H3;1H2/q;+1;/p-1/t17-,18+,20-,21-,22-,23+,24+,26+,27+,28-,29-,30+;;/m1../s1. The number of fused-ring (bicyclic) bond motifs is 7. The predicted molar refractivity (Wildman–Crippen MR) is 161 cm³/mol. The highest BCUT2D eigenvalue weighted by Crippen LogP contribution is 2.75. The summed E-state index contributed by atoms with van der Waals surface area (Å²) in [4.78, 5) is 12.8. The van der Waals surface area contributed by atoms with E-state index < -0.39 is 29.0 Å². The molecule has 12 atom stereocenters. The molecule has 0 heterocycles.